The summed E-state index contributed by atoms with van der Waals surface area (Å²) in [5.74, 6) is 0.121. The molecule has 0 bridgehead atoms. The second-order valence-corrected chi connectivity index (χ2v) is 6.89. The van der Waals surface area contributed by atoms with Crippen molar-refractivity contribution < 1.29 is 14.1 Å². The number of likely N-dealkylation sites (N-methyl/N-ethyl adjacent to an activating group) is 1. The van der Waals surface area contributed by atoms with Crippen LogP contribution < -0.4 is 9.80 Å². The maximum atomic E-state index is 12.7. The molecule has 5 nitrogen and oxygen atoms in total. The van der Waals surface area contributed by atoms with Gasteiger partial charge in [0.1, 0.15) is 5.52 Å². The zero-order chi connectivity index (χ0) is 16.4. The normalized spacial score (nSPS) is 11.3. The van der Waals surface area contributed by atoms with E-state index in [-0.39, 0.29) is 5.91 Å². The first-order chi connectivity index (χ1) is 11.1. The second-order valence-electron chi connectivity index (χ2n) is 5.47. The number of hydrogen-bond donors (Lipinski definition) is 1. The summed E-state index contributed by atoms with van der Waals surface area (Å²) >= 11 is 7.66. The van der Waals surface area contributed by atoms with E-state index in [1.54, 1.807) is 23.1 Å². The Morgan fingerprint density at radius 3 is 2.83 bits per heavy atom. The van der Waals surface area contributed by atoms with E-state index in [1.807, 2.05) is 26.2 Å². The fraction of sp³-hybridized carbons (Fsp3) is 0.250. The minimum Gasteiger partial charge on any atom is -0.459 e. The van der Waals surface area contributed by atoms with Gasteiger partial charge in [0.25, 0.3) is 5.91 Å². The van der Waals surface area contributed by atoms with Crippen molar-refractivity contribution in [2.45, 2.75) is 0 Å². The molecule has 2 heterocycles. The highest BCUT2D eigenvalue weighted by atomic mass is 35.5. The van der Waals surface area contributed by atoms with Gasteiger partial charge in [-0.05, 0) is 24.3 Å². The Morgan fingerprint density at radius 2 is 2.17 bits per heavy atom. The number of carbonyl (C=O) groups is 1. The molecule has 0 aliphatic carbocycles. The molecule has 2 aromatic heterocycles. The molecule has 3 rings (SSSR count). The summed E-state index contributed by atoms with van der Waals surface area (Å²) in [5.41, 5.74) is 0.726. The summed E-state index contributed by atoms with van der Waals surface area (Å²) in [5, 5.41) is 1.23. The van der Waals surface area contributed by atoms with Crippen LogP contribution >= 0.6 is 22.9 Å². The summed E-state index contributed by atoms with van der Waals surface area (Å²) < 4.78 is 6.22. The lowest BCUT2D eigenvalue weighted by atomic mass is 10.3. The van der Waals surface area contributed by atoms with Gasteiger partial charge in [-0.2, -0.15) is 0 Å². The number of hydrogen-bond acceptors (Lipinski definition) is 4. The molecule has 23 heavy (non-hydrogen) atoms. The lowest BCUT2D eigenvalue weighted by Gasteiger charge is -2.19. The quantitative estimate of drug-likeness (QED) is 0.768. The predicted octanol–water partition coefficient (Wildman–Crippen LogP) is 2.33. The minimum absolute atomic E-state index is 0.188. The number of furan rings is 1. The Balaban J connectivity index is 1.98. The molecule has 7 heteroatoms. The number of aromatic nitrogens is 1. The molecule has 3 aromatic rings. The second kappa shape index (κ2) is 6.70. The molecule has 0 radical (unpaired) electrons. The first kappa shape index (κ1) is 16.0. The molecule has 0 spiro atoms. The number of rotatable bonds is 5. The van der Waals surface area contributed by atoms with Crippen molar-refractivity contribution in [1.82, 2.24) is 4.98 Å². The summed E-state index contributed by atoms with van der Waals surface area (Å²) in [6.45, 7) is 1.36. The van der Waals surface area contributed by atoms with Gasteiger partial charge >= 0.3 is 0 Å². The molecule has 0 aliphatic heterocycles. The lowest BCUT2D eigenvalue weighted by Crippen LogP contribution is -3.06. The number of anilines is 1. The van der Waals surface area contributed by atoms with Crippen molar-refractivity contribution in [2.24, 2.45) is 0 Å². The van der Waals surface area contributed by atoms with E-state index in [0.29, 0.717) is 22.5 Å². The molecule has 1 amide bonds. The number of carbonyl (C=O) groups excluding carboxylic acids is 1. The van der Waals surface area contributed by atoms with E-state index >= 15 is 0 Å². The Morgan fingerprint density at radius 1 is 1.35 bits per heavy atom. The number of nitrogens with one attached hydrogen (secondary N) is 1. The van der Waals surface area contributed by atoms with E-state index < -0.39 is 0 Å². The Labute approximate surface area is 143 Å². The number of nitrogens with zero attached hydrogens (tertiary/aromatic N) is 2. The van der Waals surface area contributed by atoms with Gasteiger partial charge in [0, 0.05) is 0 Å². The van der Waals surface area contributed by atoms with Crippen molar-refractivity contribution in [2.75, 3.05) is 32.1 Å². The van der Waals surface area contributed by atoms with Crippen LogP contribution in [0.2, 0.25) is 5.02 Å². The molecule has 0 saturated heterocycles. The molecule has 1 aromatic carbocycles. The van der Waals surface area contributed by atoms with Crippen LogP contribution in [0.25, 0.3) is 10.2 Å². The molecule has 0 unspecified atom stereocenters. The molecule has 1 N–H and O–H groups in total. The van der Waals surface area contributed by atoms with Crippen molar-refractivity contribution in [3.63, 3.8) is 0 Å². The minimum atomic E-state index is -0.188. The Kier molecular flexibility index (Phi) is 4.66. The first-order valence-electron chi connectivity index (χ1n) is 7.25. The molecule has 0 atom stereocenters. The highest BCUT2D eigenvalue weighted by Gasteiger charge is 2.24. The summed E-state index contributed by atoms with van der Waals surface area (Å²) in [7, 11) is 4.09. The number of para-hydroxylation sites is 1. The number of halogens is 1. The highest BCUT2D eigenvalue weighted by Crippen LogP contribution is 2.33. The third-order valence-electron chi connectivity index (χ3n) is 3.40. The Hall–Kier alpha value is -1.89. The van der Waals surface area contributed by atoms with E-state index in [1.165, 1.54) is 22.5 Å². The molecule has 0 aliphatic rings. The predicted molar refractivity (Wildman–Crippen MR) is 92.7 cm³/mol. The smallest absolute Gasteiger partial charge is 0.295 e. The van der Waals surface area contributed by atoms with Crippen LogP contribution in [0.5, 0.6) is 0 Å². The fourth-order valence-electron chi connectivity index (χ4n) is 2.17. The van der Waals surface area contributed by atoms with Gasteiger partial charge < -0.3 is 9.32 Å². The fourth-order valence-corrected chi connectivity index (χ4v) is 3.46. The molecule has 0 fully saturated rings. The van der Waals surface area contributed by atoms with Crippen molar-refractivity contribution in [1.29, 1.82) is 0 Å². The monoisotopic (exact) mass is 350 g/mol. The lowest BCUT2D eigenvalue weighted by molar-refractivity contribution is -0.856. The SMILES string of the molecule is C[NH+](C)CCN(C(=O)c1ccco1)c1nc2c(Cl)cccc2s1. The van der Waals surface area contributed by atoms with E-state index in [4.69, 9.17) is 16.0 Å². The average Bonchev–Trinajstić information content (AvgIpc) is 3.16. The third-order valence-corrected chi connectivity index (χ3v) is 4.75. The van der Waals surface area contributed by atoms with Crippen molar-refractivity contribution in [3.05, 3.63) is 47.4 Å². The summed E-state index contributed by atoms with van der Waals surface area (Å²) in [6, 6.07) is 9.01. The van der Waals surface area contributed by atoms with Gasteiger partial charge in [0.15, 0.2) is 10.9 Å². The van der Waals surface area contributed by atoms with E-state index in [9.17, 15) is 4.79 Å². The average molecular weight is 351 g/mol. The molecule has 120 valence electrons. The van der Waals surface area contributed by atoms with Crippen LogP contribution in [0, 0.1) is 0 Å². The number of benzene rings is 1. The topological polar surface area (TPSA) is 50.8 Å². The molecular weight excluding hydrogens is 334 g/mol. The molecular formula is C16H17ClN3O2S+. The Bertz CT molecular complexity index is 814. The van der Waals surface area contributed by atoms with E-state index in [0.717, 1.165) is 16.8 Å². The third kappa shape index (κ3) is 3.39. The van der Waals surface area contributed by atoms with Gasteiger partial charge in [0.2, 0.25) is 0 Å². The van der Waals surface area contributed by atoms with Crippen LogP contribution in [-0.4, -0.2) is 38.1 Å². The zero-order valence-corrected chi connectivity index (χ0v) is 14.4. The van der Waals surface area contributed by atoms with Crippen LogP contribution in [0.4, 0.5) is 5.13 Å². The number of quaternary nitrogens is 1. The van der Waals surface area contributed by atoms with Gasteiger partial charge in [-0.1, -0.05) is 29.0 Å². The van der Waals surface area contributed by atoms with Gasteiger partial charge in [-0.25, -0.2) is 4.98 Å². The van der Waals surface area contributed by atoms with Crippen LogP contribution in [-0.2, 0) is 0 Å². The van der Waals surface area contributed by atoms with Crippen LogP contribution in [0.3, 0.4) is 0 Å². The maximum Gasteiger partial charge on any atom is 0.295 e. The number of amides is 1. The first-order valence-corrected chi connectivity index (χ1v) is 8.45. The molecule has 0 saturated carbocycles. The number of thiazole rings is 1. The number of fused-ring (bicyclic) bond motifs is 1. The van der Waals surface area contributed by atoms with Gasteiger partial charge in [-0.15, -0.1) is 0 Å². The largest absolute Gasteiger partial charge is 0.459 e. The van der Waals surface area contributed by atoms with E-state index in [2.05, 4.69) is 4.98 Å². The van der Waals surface area contributed by atoms with Gasteiger partial charge in [-0.3, -0.25) is 9.69 Å². The van der Waals surface area contributed by atoms with Crippen molar-refractivity contribution >= 4 is 44.2 Å². The zero-order valence-electron chi connectivity index (χ0n) is 12.9. The summed E-state index contributed by atoms with van der Waals surface area (Å²) in [6.07, 6.45) is 1.50. The summed E-state index contributed by atoms with van der Waals surface area (Å²) in [4.78, 5) is 20.2. The van der Waals surface area contributed by atoms with Crippen LogP contribution in [0.1, 0.15) is 10.6 Å². The highest BCUT2D eigenvalue weighted by molar-refractivity contribution is 7.22. The van der Waals surface area contributed by atoms with Crippen LogP contribution in [0.15, 0.2) is 41.0 Å². The maximum absolute atomic E-state index is 12.7. The standard InChI is InChI=1S/C16H16ClN3O2S/c1-19(2)8-9-20(15(21)12-6-4-10-22-12)16-18-14-11(17)5-3-7-13(14)23-16/h3-7,10H,8-9H2,1-2H3/p+1. The van der Waals surface area contributed by atoms with Gasteiger partial charge in [0.05, 0.1) is 43.2 Å². The van der Waals surface area contributed by atoms with Crippen molar-refractivity contribution in [3.8, 4) is 0 Å².